The van der Waals surface area contributed by atoms with Crippen molar-refractivity contribution >= 4 is 12.1 Å². The number of urea groups is 2. The first-order chi connectivity index (χ1) is 11.9. The Hall–Kier alpha value is -2.64. The van der Waals surface area contributed by atoms with E-state index in [-0.39, 0.29) is 36.2 Å². The highest BCUT2D eigenvalue weighted by molar-refractivity contribution is 5.80. The summed E-state index contributed by atoms with van der Waals surface area (Å²) in [6, 6.07) is 4.78. The zero-order valence-corrected chi connectivity index (χ0v) is 15.1. The highest BCUT2D eigenvalue weighted by Gasteiger charge is 2.50. The maximum atomic E-state index is 12.5. The van der Waals surface area contributed by atoms with Crippen molar-refractivity contribution in [1.82, 2.24) is 20.4 Å². The van der Waals surface area contributed by atoms with Gasteiger partial charge < -0.3 is 29.9 Å². The second kappa shape index (κ2) is 6.34. The molecule has 8 heteroatoms. The Labute approximate surface area is 147 Å². The van der Waals surface area contributed by atoms with E-state index in [4.69, 9.17) is 9.47 Å². The lowest BCUT2D eigenvalue weighted by Gasteiger charge is -2.52. The van der Waals surface area contributed by atoms with Crippen LogP contribution in [-0.2, 0) is 0 Å². The van der Waals surface area contributed by atoms with Gasteiger partial charge in [0.05, 0.1) is 20.3 Å². The van der Waals surface area contributed by atoms with E-state index in [2.05, 4.69) is 10.6 Å². The third-order valence-corrected chi connectivity index (χ3v) is 5.16. The van der Waals surface area contributed by atoms with Gasteiger partial charge in [-0.3, -0.25) is 0 Å². The molecule has 2 aliphatic rings. The van der Waals surface area contributed by atoms with Crippen LogP contribution in [0, 0.1) is 5.92 Å². The monoisotopic (exact) mass is 348 g/mol. The number of hydrogen-bond acceptors (Lipinski definition) is 4. The maximum absolute atomic E-state index is 12.5. The van der Waals surface area contributed by atoms with E-state index >= 15 is 0 Å². The highest BCUT2D eigenvalue weighted by Crippen LogP contribution is 2.42. The predicted molar refractivity (Wildman–Crippen MR) is 91.6 cm³/mol. The van der Waals surface area contributed by atoms with Crippen molar-refractivity contribution in [3.63, 3.8) is 0 Å². The summed E-state index contributed by atoms with van der Waals surface area (Å²) in [5.41, 5.74) is 0.882. The molecule has 1 aromatic carbocycles. The van der Waals surface area contributed by atoms with Gasteiger partial charge in [0.15, 0.2) is 0 Å². The van der Waals surface area contributed by atoms with Crippen LogP contribution in [0.3, 0.4) is 0 Å². The van der Waals surface area contributed by atoms with E-state index in [1.165, 1.54) is 0 Å². The van der Waals surface area contributed by atoms with Crippen LogP contribution in [0.2, 0.25) is 0 Å². The molecule has 2 fully saturated rings. The Balaban J connectivity index is 2.09. The molecule has 0 bridgehead atoms. The number of fused-ring (bicyclic) bond motifs is 1. The second-order valence-corrected chi connectivity index (χ2v) is 6.48. The molecule has 0 radical (unpaired) electrons. The maximum Gasteiger partial charge on any atom is 0.319 e. The van der Waals surface area contributed by atoms with Crippen molar-refractivity contribution in [1.29, 1.82) is 0 Å². The van der Waals surface area contributed by atoms with Crippen LogP contribution in [0.25, 0.3) is 0 Å². The van der Waals surface area contributed by atoms with Crippen LogP contribution in [0.5, 0.6) is 11.5 Å². The third kappa shape index (κ3) is 2.71. The van der Waals surface area contributed by atoms with Gasteiger partial charge in [-0.1, -0.05) is 0 Å². The molecule has 4 atom stereocenters. The topological polar surface area (TPSA) is 83.1 Å². The fourth-order valence-electron chi connectivity index (χ4n) is 3.78. The van der Waals surface area contributed by atoms with Crippen molar-refractivity contribution in [2.45, 2.75) is 25.2 Å². The van der Waals surface area contributed by atoms with Gasteiger partial charge in [-0.15, -0.1) is 0 Å². The van der Waals surface area contributed by atoms with E-state index < -0.39 is 0 Å². The van der Waals surface area contributed by atoms with Crippen molar-refractivity contribution < 1.29 is 19.1 Å². The summed E-state index contributed by atoms with van der Waals surface area (Å²) in [6.07, 6.45) is -0.385. The molecule has 0 aromatic heterocycles. The van der Waals surface area contributed by atoms with Crippen LogP contribution in [-0.4, -0.2) is 62.4 Å². The molecular formula is C17H24N4O4. The normalized spacial score (nSPS) is 28.8. The minimum atomic E-state index is -0.385. The standard InChI is InChI=1S/C17H24N4O4/c1-9-13-14(11-7-6-10(24-4)8-12(11)25-5)20(2)17(23)19-15(13)21(3)16(22)18-9/h6-9,13-15H,1-5H3,(H,18,22)(H,19,23)/t9-,13+,14+,15-/m1/s1. The number of rotatable bonds is 3. The third-order valence-electron chi connectivity index (χ3n) is 5.16. The predicted octanol–water partition coefficient (Wildman–Crippen LogP) is 1.39. The molecular weight excluding hydrogens is 324 g/mol. The van der Waals surface area contributed by atoms with E-state index in [0.717, 1.165) is 5.56 Å². The Morgan fingerprint density at radius 3 is 2.32 bits per heavy atom. The van der Waals surface area contributed by atoms with E-state index in [1.54, 1.807) is 44.2 Å². The quantitative estimate of drug-likeness (QED) is 0.865. The van der Waals surface area contributed by atoms with Crippen molar-refractivity contribution in [3.05, 3.63) is 23.8 Å². The Morgan fingerprint density at radius 1 is 1.00 bits per heavy atom. The van der Waals surface area contributed by atoms with Crippen LogP contribution in [0.4, 0.5) is 9.59 Å². The fraction of sp³-hybridized carbons (Fsp3) is 0.529. The lowest BCUT2D eigenvalue weighted by molar-refractivity contribution is 0.0241. The molecule has 1 aromatic rings. The molecule has 2 saturated heterocycles. The first-order valence-electron chi connectivity index (χ1n) is 8.17. The molecule has 0 unspecified atom stereocenters. The minimum Gasteiger partial charge on any atom is -0.497 e. The van der Waals surface area contributed by atoms with Gasteiger partial charge in [-0.25, -0.2) is 9.59 Å². The van der Waals surface area contributed by atoms with Gasteiger partial charge in [0.1, 0.15) is 17.7 Å². The molecule has 0 spiro atoms. The molecule has 136 valence electrons. The van der Waals surface area contributed by atoms with Crippen molar-refractivity contribution in [3.8, 4) is 11.5 Å². The van der Waals surface area contributed by atoms with Crippen LogP contribution >= 0.6 is 0 Å². The summed E-state index contributed by atoms with van der Waals surface area (Å²) in [7, 11) is 6.63. The summed E-state index contributed by atoms with van der Waals surface area (Å²) in [5.74, 6) is 1.28. The van der Waals surface area contributed by atoms with Gasteiger partial charge >= 0.3 is 12.1 Å². The molecule has 0 aliphatic carbocycles. The number of methoxy groups -OCH3 is 2. The van der Waals surface area contributed by atoms with Gasteiger partial charge in [-0.2, -0.15) is 0 Å². The first-order valence-corrected chi connectivity index (χ1v) is 8.17. The van der Waals surface area contributed by atoms with Gasteiger partial charge in [0, 0.05) is 37.7 Å². The molecule has 8 nitrogen and oxygen atoms in total. The number of amides is 4. The molecule has 25 heavy (non-hydrogen) atoms. The lowest BCUT2D eigenvalue weighted by atomic mass is 9.81. The summed E-state index contributed by atoms with van der Waals surface area (Å²) in [4.78, 5) is 27.8. The van der Waals surface area contributed by atoms with Crippen molar-refractivity contribution in [2.24, 2.45) is 5.92 Å². The van der Waals surface area contributed by atoms with Gasteiger partial charge in [0.25, 0.3) is 0 Å². The highest BCUT2D eigenvalue weighted by atomic mass is 16.5. The molecule has 3 rings (SSSR count). The van der Waals surface area contributed by atoms with E-state index in [0.29, 0.717) is 11.5 Å². The Kier molecular flexibility index (Phi) is 4.36. The SMILES string of the molecule is COc1ccc([C@H]2[C@@H]3[C@@H](C)NC(=O)N(C)[C@H]3NC(=O)N2C)c(OC)c1. The largest absolute Gasteiger partial charge is 0.497 e. The zero-order valence-electron chi connectivity index (χ0n) is 15.1. The second-order valence-electron chi connectivity index (χ2n) is 6.48. The number of carbonyl (C=O) groups is 2. The number of nitrogens with zero attached hydrogens (tertiary/aromatic N) is 2. The van der Waals surface area contributed by atoms with E-state index in [1.807, 2.05) is 19.1 Å². The number of nitrogens with one attached hydrogen (secondary N) is 2. The van der Waals surface area contributed by atoms with Crippen LogP contribution in [0.1, 0.15) is 18.5 Å². The fourth-order valence-corrected chi connectivity index (χ4v) is 3.78. The first kappa shape index (κ1) is 17.2. The smallest absolute Gasteiger partial charge is 0.319 e. The van der Waals surface area contributed by atoms with E-state index in [9.17, 15) is 9.59 Å². The molecule has 0 saturated carbocycles. The summed E-state index contributed by atoms with van der Waals surface area (Å²) >= 11 is 0. The Morgan fingerprint density at radius 2 is 1.68 bits per heavy atom. The average Bonchev–Trinajstić information content (AvgIpc) is 2.61. The number of carbonyl (C=O) groups excluding carboxylic acids is 2. The van der Waals surface area contributed by atoms with Crippen LogP contribution < -0.4 is 20.1 Å². The summed E-state index contributed by atoms with van der Waals surface area (Å²) in [5, 5.41) is 5.89. The molecule has 4 amide bonds. The number of hydrogen-bond donors (Lipinski definition) is 2. The average molecular weight is 348 g/mol. The minimum absolute atomic E-state index is 0.0484. The summed E-state index contributed by atoms with van der Waals surface area (Å²) < 4.78 is 10.8. The molecule has 2 aliphatic heterocycles. The summed E-state index contributed by atoms with van der Waals surface area (Å²) in [6.45, 7) is 1.96. The molecule has 2 N–H and O–H groups in total. The molecule has 2 heterocycles. The van der Waals surface area contributed by atoms with Crippen molar-refractivity contribution in [2.75, 3.05) is 28.3 Å². The Bertz CT molecular complexity index is 695. The van der Waals surface area contributed by atoms with Gasteiger partial charge in [-0.05, 0) is 19.1 Å². The number of ether oxygens (including phenoxy) is 2. The van der Waals surface area contributed by atoms with Crippen LogP contribution in [0.15, 0.2) is 18.2 Å². The van der Waals surface area contributed by atoms with Gasteiger partial charge in [0.2, 0.25) is 0 Å². The number of benzene rings is 1. The zero-order chi connectivity index (χ0) is 18.3. The lowest BCUT2D eigenvalue weighted by Crippen LogP contribution is -2.71.